The maximum atomic E-state index is 10.4. The molecular formula is C11H10O2. The molecule has 1 aromatic carbocycles. The molecule has 1 rings (SSSR count). The summed E-state index contributed by atoms with van der Waals surface area (Å²) in [6, 6.07) is 7.21. The van der Waals surface area contributed by atoms with Crippen molar-refractivity contribution < 1.29 is 9.59 Å². The van der Waals surface area contributed by atoms with Gasteiger partial charge in [0.05, 0.1) is 0 Å². The van der Waals surface area contributed by atoms with E-state index in [1.807, 2.05) is 18.2 Å². The highest BCUT2D eigenvalue weighted by molar-refractivity contribution is 5.76. The maximum absolute atomic E-state index is 10.4. The number of allylic oxidation sites excluding steroid dienone is 1. The van der Waals surface area contributed by atoms with E-state index in [9.17, 15) is 9.59 Å². The van der Waals surface area contributed by atoms with Crippen molar-refractivity contribution in [3.05, 3.63) is 41.5 Å². The van der Waals surface area contributed by atoms with Gasteiger partial charge in [-0.05, 0) is 11.6 Å². The summed E-state index contributed by atoms with van der Waals surface area (Å²) in [6.45, 7) is 0. The topological polar surface area (TPSA) is 34.1 Å². The minimum Gasteiger partial charge on any atom is -0.303 e. The van der Waals surface area contributed by atoms with Gasteiger partial charge in [0.15, 0.2) is 0 Å². The van der Waals surface area contributed by atoms with Gasteiger partial charge in [-0.1, -0.05) is 30.4 Å². The lowest BCUT2D eigenvalue weighted by molar-refractivity contribution is -0.107. The van der Waals surface area contributed by atoms with E-state index < -0.39 is 0 Å². The van der Waals surface area contributed by atoms with Gasteiger partial charge in [0.1, 0.15) is 12.6 Å². The van der Waals surface area contributed by atoms with E-state index in [2.05, 4.69) is 0 Å². The average molecular weight is 174 g/mol. The van der Waals surface area contributed by atoms with Crippen LogP contribution in [0.1, 0.15) is 22.3 Å². The van der Waals surface area contributed by atoms with Crippen molar-refractivity contribution in [2.75, 3.05) is 0 Å². The third-order valence-corrected chi connectivity index (χ3v) is 1.59. The number of hydrogen-bond donors (Lipinski definition) is 0. The molecule has 0 aromatic heterocycles. The molecule has 0 radical (unpaired) electrons. The fraction of sp³-hybridized carbons (Fsp3) is 0.0909. The molecular weight excluding hydrogens is 164 g/mol. The fourth-order valence-electron chi connectivity index (χ4n) is 0.996. The van der Waals surface area contributed by atoms with Crippen molar-refractivity contribution >= 4 is 18.6 Å². The molecule has 0 saturated carbocycles. The molecule has 0 aliphatic carbocycles. The highest BCUT2D eigenvalue weighted by Crippen LogP contribution is 2.05. The zero-order chi connectivity index (χ0) is 9.52. The van der Waals surface area contributed by atoms with Gasteiger partial charge in [0.2, 0.25) is 0 Å². The summed E-state index contributed by atoms with van der Waals surface area (Å²) in [5.41, 5.74) is 1.58. The molecule has 0 aliphatic heterocycles. The van der Waals surface area contributed by atoms with Crippen LogP contribution in [-0.2, 0) is 4.79 Å². The Hall–Kier alpha value is -1.70. The highest BCUT2D eigenvalue weighted by atomic mass is 16.1. The van der Waals surface area contributed by atoms with E-state index in [0.717, 1.165) is 18.1 Å². The molecule has 0 saturated heterocycles. The first kappa shape index (κ1) is 9.39. The van der Waals surface area contributed by atoms with E-state index in [1.54, 1.807) is 18.2 Å². The van der Waals surface area contributed by atoms with Gasteiger partial charge >= 0.3 is 0 Å². The second kappa shape index (κ2) is 5.04. The van der Waals surface area contributed by atoms with Crippen LogP contribution in [0.15, 0.2) is 30.3 Å². The normalized spacial score (nSPS) is 10.2. The predicted molar refractivity (Wildman–Crippen MR) is 51.5 cm³/mol. The first-order valence-electron chi connectivity index (χ1n) is 4.02. The number of hydrogen-bond acceptors (Lipinski definition) is 2. The van der Waals surface area contributed by atoms with Gasteiger partial charge < -0.3 is 4.79 Å². The smallest absolute Gasteiger partial charge is 0.150 e. The lowest BCUT2D eigenvalue weighted by Gasteiger charge is -1.93. The molecule has 2 nitrogen and oxygen atoms in total. The quantitative estimate of drug-likeness (QED) is 0.655. The van der Waals surface area contributed by atoms with Crippen molar-refractivity contribution in [3.8, 4) is 0 Å². The predicted octanol–water partition coefficient (Wildman–Crippen LogP) is 2.10. The van der Waals surface area contributed by atoms with E-state index in [0.29, 0.717) is 12.0 Å². The van der Waals surface area contributed by atoms with E-state index in [4.69, 9.17) is 0 Å². The van der Waals surface area contributed by atoms with Crippen molar-refractivity contribution in [1.29, 1.82) is 0 Å². The van der Waals surface area contributed by atoms with Crippen LogP contribution in [0.2, 0.25) is 0 Å². The van der Waals surface area contributed by atoms with Gasteiger partial charge in [-0.3, -0.25) is 4.79 Å². The Morgan fingerprint density at radius 1 is 1.15 bits per heavy atom. The number of carbonyl (C=O) groups excluding carboxylic acids is 2. The summed E-state index contributed by atoms with van der Waals surface area (Å²) >= 11 is 0. The van der Waals surface area contributed by atoms with Crippen molar-refractivity contribution in [2.45, 2.75) is 6.42 Å². The fourth-order valence-corrected chi connectivity index (χ4v) is 0.996. The minimum absolute atomic E-state index is 0.408. The molecule has 0 spiro atoms. The molecule has 66 valence electrons. The molecule has 1 aromatic rings. The lowest BCUT2D eigenvalue weighted by atomic mass is 10.1. The summed E-state index contributed by atoms with van der Waals surface area (Å²) in [5.74, 6) is 0. The second-order valence-corrected chi connectivity index (χ2v) is 2.59. The molecule has 0 atom stereocenters. The maximum Gasteiger partial charge on any atom is 0.150 e. The summed E-state index contributed by atoms with van der Waals surface area (Å²) < 4.78 is 0. The van der Waals surface area contributed by atoms with Crippen LogP contribution in [0.25, 0.3) is 6.08 Å². The first-order valence-corrected chi connectivity index (χ1v) is 4.02. The van der Waals surface area contributed by atoms with Crippen LogP contribution in [0, 0.1) is 0 Å². The zero-order valence-corrected chi connectivity index (χ0v) is 7.14. The SMILES string of the molecule is O=CCC=Cc1cccc(C=O)c1. The largest absolute Gasteiger partial charge is 0.303 e. The Morgan fingerprint density at radius 2 is 1.92 bits per heavy atom. The number of benzene rings is 1. The molecule has 13 heavy (non-hydrogen) atoms. The summed E-state index contributed by atoms with van der Waals surface area (Å²) in [5, 5.41) is 0. The molecule has 0 bridgehead atoms. The average Bonchev–Trinajstić information content (AvgIpc) is 2.19. The number of rotatable bonds is 4. The molecule has 0 heterocycles. The van der Waals surface area contributed by atoms with E-state index in [-0.39, 0.29) is 0 Å². The first-order chi connectivity index (χ1) is 6.36. The van der Waals surface area contributed by atoms with Crippen LogP contribution in [0.4, 0.5) is 0 Å². The monoisotopic (exact) mass is 174 g/mol. The summed E-state index contributed by atoms with van der Waals surface area (Å²) in [4.78, 5) is 20.4. The Labute approximate surface area is 76.9 Å². The Morgan fingerprint density at radius 3 is 2.62 bits per heavy atom. The van der Waals surface area contributed by atoms with Crippen LogP contribution in [0.3, 0.4) is 0 Å². The molecule has 0 fully saturated rings. The summed E-state index contributed by atoms with van der Waals surface area (Å²) in [7, 11) is 0. The Balaban J connectivity index is 2.76. The Kier molecular flexibility index (Phi) is 3.64. The molecule has 0 amide bonds. The molecule has 0 unspecified atom stereocenters. The van der Waals surface area contributed by atoms with E-state index in [1.165, 1.54) is 0 Å². The highest BCUT2D eigenvalue weighted by Gasteiger charge is 1.89. The molecule has 2 heteroatoms. The third-order valence-electron chi connectivity index (χ3n) is 1.59. The number of carbonyl (C=O) groups is 2. The van der Waals surface area contributed by atoms with Crippen molar-refractivity contribution in [1.82, 2.24) is 0 Å². The Bertz CT molecular complexity index is 327. The molecule has 0 aliphatic rings. The zero-order valence-electron chi connectivity index (χ0n) is 7.14. The van der Waals surface area contributed by atoms with E-state index >= 15 is 0 Å². The van der Waals surface area contributed by atoms with Gasteiger partial charge in [-0.25, -0.2) is 0 Å². The van der Waals surface area contributed by atoms with Crippen LogP contribution in [-0.4, -0.2) is 12.6 Å². The van der Waals surface area contributed by atoms with Gasteiger partial charge in [-0.2, -0.15) is 0 Å². The molecule has 0 N–H and O–H groups in total. The van der Waals surface area contributed by atoms with Crippen LogP contribution >= 0.6 is 0 Å². The van der Waals surface area contributed by atoms with Crippen molar-refractivity contribution in [3.63, 3.8) is 0 Å². The second-order valence-electron chi connectivity index (χ2n) is 2.59. The van der Waals surface area contributed by atoms with Gasteiger partial charge in [-0.15, -0.1) is 0 Å². The van der Waals surface area contributed by atoms with Gasteiger partial charge in [0.25, 0.3) is 0 Å². The van der Waals surface area contributed by atoms with Crippen molar-refractivity contribution in [2.24, 2.45) is 0 Å². The van der Waals surface area contributed by atoms with Crippen LogP contribution < -0.4 is 0 Å². The third kappa shape index (κ3) is 3.03. The van der Waals surface area contributed by atoms with Crippen LogP contribution in [0.5, 0.6) is 0 Å². The summed E-state index contributed by atoms with van der Waals surface area (Å²) in [6.07, 6.45) is 5.63. The number of aldehydes is 2. The standard InChI is InChI=1S/C11H10O2/c12-7-2-1-4-10-5-3-6-11(8-10)9-13/h1,3-9H,2H2. The van der Waals surface area contributed by atoms with Gasteiger partial charge in [0, 0.05) is 12.0 Å². The minimum atomic E-state index is 0.408. The lowest BCUT2D eigenvalue weighted by Crippen LogP contribution is -1.79.